The van der Waals surface area contributed by atoms with Crippen LogP contribution < -0.4 is 5.73 Å². The molecule has 0 aliphatic carbocycles. The molecule has 1 unspecified atom stereocenters. The van der Waals surface area contributed by atoms with Gasteiger partial charge in [-0.15, -0.1) is 0 Å². The second kappa shape index (κ2) is 4.22. The zero-order valence-corrected chi connectivity index (χ0v) is 10.9. The van der Waals surface area contributed by atoms with Gasteiger partial charge in [0.1, 0.15) is 11.6 Å². The molecule has 0 saturated carbocycles. The van der Waals surface area contributed by atoms with E-state index in [0.717, 1.165) is 15.1 Å². The molecular formula is C9H12IN3S. The molecule has 2 N–H and O–H groups in total. The Morgan fingerprint density at radius 2 is 2.29 bits per heavy atom. The van der Waals surface area contributed by atoms with E-state index in [-0.39, 0.29) is 0 Å². The van der Waals surface area contributed by atoms with Crippen LogP contribution in [-0.4, -0.2) is 15.7 Å². The number of thioether (sulfide) groups is 1. The van der Waals surface area contributed by atoms with Crippen LogP contribution >= 0.6 is 34.4 Å². The summed E-state index contributed by atoms with van der Waals surface area (Å²) in [6.07, 6.45) is 2.45. The first-order chi connectivity index (χ1) is 6.68. The Kier molecular flexibility index (Phi) is 3.16. The van der Waals surface area contributed by atoms with Crippen LogP contribution in [0.4, 0.5) is 5.82 Å². The number of nitrogen functional groups attached to an aromatic ring is 1. The number of nitrogens with two attached hydrogens (primary N) is 1. The van der Waals surface area contributed by atoms with Crippen molar-refractivity contribution in [2.24, 2.45) is 0 Å². The van der Waals surface area contributed by atoms with Crippen molar-refractivity contribution in [1.29, 1.82) is 0 Å². The van der Waals surface area contributed by atoms with Crippen molar-refractivity contribution in [3.63, 3.8) is 0 Å². The molecule has 0 radical (unpaired) electrons. The fraction of sp³-hybridized carbons (Fsp3) is 0.556. The van der Waals surface area contributed by atoms with Crippen LogP contribution in [0.5, 0.6) is 0 Å². The Labute approximate surface area is 101 Å². The molecule has 0 amide bonds. The first-order valence-corrected chi connectivity index (χ1v) is 6.72. The van der Waals surface area contributed by atoms with E-state index < -0.39 is 0 Å². The first kappa shape index (κ1) is 10.5. The van der Waals surface area contributed by atoms with Crippen molar-refractivity contribution in [3.05, 3.63) is 15.1 Å². The summed E-state index contributed by atoms with van der Waals surface area (Å²) in [4.78, 5) is 8.85. The third-order valence-corrected chi connectivity index (χ3v) is 4.98. The van der Waals surface area contributed by atoms with Crippen LogP contribution in [0.3, 0.4) is 0 Å². The molecule has 1 atom stereocenters. The van der Waals surface area contributed by atoms with Crippen molar-refractivity contribution in [2.45, 2.75) is 25.0 Å². The molecule has 1 fully saturated rings. The Balaban J connectivity index is 2.34. The van der Waals surface area contributed by atoms with Crippen molar-refractivity contribution in [2.75, 3.05) is 11.5 Å². The third kappa shape index (κ3) is 1.98. The smallest absolute Gasteiger partial charge is 0.144 e. The van der Waals surface area contributed by atoms with Crippen molar-refractivity contribution in [1.82, 2.24) is 9.97 Å². The molecule has 0 spiro atoms. The number of aromatic nitrogens is 2. The number of anilines is 1. The van der Waals surface area contributed by atoms with Gasteiger partial charge < -0.3 is 5.73 Å². The summed E-state index contributed by atoms with van der Waals surface area (Å²) in [6.45, 7) is 1.99. The highest BCUT2D eigenvalue weighted by atomic mass is 127. The van der Waals surface area contributed by atoms with Gasteiger partial charge in [0.25, 0.3) is 0 Å². The average molecular weight is 321 g/mol. The molecule has 2 heterocycles. The van der Waals surface area contributed by atoms with E-state index in [1.54, 1.807) is 0 Å². The Bertz CT molecular complexity index is 327. The predicted molar refractivity (Wildman–Crippen MR) is 68.3 cm³/mol. The van der Waals surface area contributed by atoms with E-state index >= 15 is 0 Å². The molecule has 1 aromatic rings. The molecule has 1 saturated heterocycles. The molecule has 0 bridgehead atoms. The van der Waals surface area contributed by atoms with E-state index in [2.05, 4.69) is 32.6 Å². The van der Waals surface area contributed by atoms with Crippen molar-refractivity contribution < 1.29 is 0 Å². The van der Waals surface area contributed by atoms with Crippen LogP contribution in [0.2, 0.25) is 0 Å². The van der Waals surface area contributed by atoms with Crippen molar-refractivity contribution in [3.8, 4) is 0 Å². The van der Waals surface area contributed by atoms with E-state index in [0.29, 0.717) is 11.1 Å². The van der Waals surface area contributed by atoms with Crippen LogP contribution in [0.1, 0.15) is 29.6 Å². The molecular weight excluding hydrogens is 309 g/mol. The van der Waals surface area contributed by atoms with Gasteiger partial charge in [-0.2, -0.15) is 11.8 Å². The quantitative estimate of drug-likeness (QED) is 0.808. The van der Waals surface area contributed by atoms with Crippen LogP contribution in [0.15, 0.2) is 0 Å². The molecule has 76 valence electrons. The number of hydrogen-bond donors (Lipinski definition) is 1. The van der Waals surface area contributed by atoms with Crippen LogP contribution in [0, 0.1) is 10.5 Å². The minimum Gasteiger partial charge on any atom is -0.383 e. The van der Waals surface area contributed by atoms with Gasteiger partial charge in [0, 0.05) is 0 Å². The van der Waals surface area contributed by atoms with Gasteiger partial charge in [0.15, 0.2) is 0 Å². The fourth-order valence-electron chi connectivity index (χ4n) is 1.53. The number of aryl methyl sites for hydroxylation is 1. The summed E-state index contributed by atoms with van der Waals surface area (Å²) in [5, 5.41) is 0.466. The van der Waals surface area contributed by atoms with Crippen LogP contribution in [0.25, 0.3) is 0 Å². The van der Waals surface area contributed by atoms with Gasteiger partial charge in [-0.25, -0.2) is 9.97 Å². The highest BCUT2D eigenvalue weighted by molar-refractivity contribution is 14.1. The van der Waals surface area contributed by atoms with E-state index in [1.807, 2.05) is 18.7 Å². The minimum atomic E-state index is 0.466. The summed E-state index contributed by atoms with van der Waals surface area (Å²) in [5.74, 6) is 2.77. The predicted octanol–water partition coefficient (Wildman–Crippen LogP) is 2.54. The summed E-state index contributed by atoms with van der Waals surface area (Å²) < 4.78 is 0.981. The maximum Gasteiger partial charge on any atom is 0.144 e. The molecule has 0 aromatic carbocycles. The molecule has 1 aliphatic rings. The van der Waals surface area contributed by atoms with Gasteiger partial charge in [0.2, 0.25) is 0 Å². The summed E-state index contributed by atoms with van der Waals surface area (Å²) in [7, 11) is 0. The van der Waals surface area contributed by atoms with Gasteiger partial charge >= 0.3 is 0 Å². The van der Waals surface area contributed by atoms with Gasteiger partial charge in [-0.1, -0.05) is 0 Å². The van der Waals surface area contributed by atoms with Crippen molar-refractivity contribution >= 4 is 40.2 Å². The molecule has 5 heteroatoms. The molecule has 3 nitrogen and oxygen atoms in total. The lowest BCUT2D eigenvalue weighted by molar-refractivity contribution is 0.772. The lowest BCUT2D eigenvalue weighted by Gasteiger charge is -2.09. The normalized spacial score (nSPS) is 21.4. The zero-order valence-electron chi connectivity index (χ0n) is 7.96. The minimum absolute atomic E-state index is 0.466. The summed E-state index contributed by atoms with van der Waals surface area (Å²) >= 11 is 4.13. The van der Waals surface area contributed by atoms with E-state index in [4.69, 9.17) is 5.73 Å². The largest absolute Gasteiger partial charge is 0.383 e. The van der Waals surface area contributed by atoms with Gasteiger partial charge in [0.05, 0.1) is 14.5 Å². The molecule has 1 aliphatic heterocycles. The SMILES string of the molecule is Cc1nc(C2CCCS2)nc(N)c1I. The highest BCUT2D eigenvalue weighted by Crippen LogP contribution is 2.38. The highest BCUT2D eigenvalue weighted by Gasteiger charge is 2.21. The zero-order chi connectivity index (χ0) is 10.1. The maximum absolute atomic E-state index is 5.82. The fourth-order valence-corrected chi connectivity index (χ4v) is 2.98. The maximum atomic E-state index is 5.82. The lowest BCUT2D eigenvalue weighted by atomic mass is 10.2. The first-order valence-electron chi connectivity index (χ1n) is 4.59. The second-order valence-electron chi connectivity index (χ2n) is 3.37. The lowest BCUT2D eigenvalue weighted by Crippen LogP contribution is -2.06. The third-order valence-electron chi connectivity index (χ3n) is 2.28. The van der Waals surface area contributed by atoms with Gasteiger partial charge in [-0.05, 0) is 48.1 Å². The molecule has 14 heavy (non-hydrogen) atoms. The Morgan fingerprint density at radius 1 is 1.50 bits per heavy atom. The number of nitrogens with zero attached hydrogens (tertiary/aromatic N) is 2. The van der Waals surface area contributed by atoms with Crippen LogP contribution in [-0.2, 0) is 0 Å². The summed E-state index contributed by atoms with van der Waals surface area (Å²) in [5.41, 5.74) is 6.82. The monoisotopic (exact) mass is 321 g/mol. The standard InChI is InChI=1S/C9H12IN3S/c1-5-7(10)8(11)13-9(12-5)6-3-2-4-14-6/h6H,2-4H2,1H3,(H2,11,12,13). The number of rotatable bonds is 1. The topological polar surface area (TPSA) is 51.8 Å². The molecule has 1 aromatic heterocycles. The van der Waals surface area contributed by atoms with E-state index in [1.165, 1.54) is 18.6 Å². The average Bonchev–Trinajstić information content (AvgIpc) is 2.66. The number of hydrogen-bond acceptors (Lipinski definition) is 4. The van der Waals surface area contributed by atoms with E-state index in [9.17, 15) is 0 Å². The second-order valence-corrected chi connectivity index (χ2v) is 5.76. The summed E-state index contributed by atoms with van der Waals surface area (Å²) in [6, 6.07) is 0. The number of halogens is 1. The van der Waals surface area contributed by atoms with Gasteiger partial charge in [-0.3, -0.25) is 0 Å². The Hall–Kier alpha value is -0.0400. The molecule has 2 rings (SSSR count). The Morgan fingerprint density at radius 3 is 2.86 bits per heavy atom.